The summed E-state index contributed by atoms with van der Waals surface area (Å²) in [7, 11) is 0. The number of para-hydroxylation sites is 1. The van der Waals surface area contributed by atoms with Crippen LogP contribution < -0.4 is 10.6 Å². The number of anilines is 1. The predicted octanol–water partition coefficient (Wildman–Crippen LogP) is 2.66. The normalized spacial score (nSPS) is 18.0. The van der Waals surface area contributed by atoms with Gasteiger partial charge in [-0.15, -0.1) is 0 Å². The van der Waals surface area contributed by atoms with E-state index in [1.54, 1.807) is 19.1 Å². The average molecular weight is 326 g/mol. The highest BCUT2D eigenvalue weighted by atomic mass is 32.2. The predicted molar refractivity (Wildman–Crippen MR) is 88.7 cm³/mol. The molecular formula is C14H18N2O3S2. The molecule has 1 atom stereocenters. The molecule has 0 aromatic heterocycles. The first kappa shape index (κ1) is 16.0. The summed E-state index contributed by atoms with van der Waals surface area (Å²) in [5, 5.41) is 15.1. The summed E-state index contributed by atoms with van der Waals surface area (Å²) in [6.07, 6.45) is 0. The summed E-state index contributed by atoms with van der Waals surface area (Å²) in [6.45, 7) is 2.37. The minimum Gasteiger partial charge on any atom is -0.478 e. The summed E-state index contributed by atoms with van der Waals surface area (Å²) < 4.78 is 0. The van der Waals surface area contributed by atoms with Gasteiger partial charge in [0.15, 0.2) is 0 Å². The first-order valence-electron chi connectivity index (χ1n) is 6.65. The van der Waals surface area contributed by atoms with E-state index in [1.165, 1.54) is 11.8 Å². The van der Waals surface area contributed by atoms with Gasteiger partial charge in [0, 0.05) is 29.1 Å². The van der Waals surface area contributed by atoms with Crippen molar-refractivity contribution in [3.8, 4) is 0 Å². The summed E-state index contributed by atoms with van der Waals surface area (Å²) in [5.41, 5.74) is 1.19. The average Bonchev–Trinajstić information content (AvgIpc) is 2.48. The molecule has 0 spiro atoms. The molecule has 0 aliphatic carbocycles. The standard InChI is InChI=1S/C14H18N2O3S2/c1-9-3-2-4-11(13(17)18)12(9)16-14(19)15-7-10-8-20-5-6-21-10/h2-4,10H,5-8H2,1H3,(H,17,18)(H2,15,16,19). The van der Waals surface area contributed by atoms with Gasteiger partial charge >= 0.3 is 12.0 Å². The number of carboxylic acids is 1. The van der Waals surface area contributed by atoms with Crippen molar-refractivity contribution in [3.63, 3.8) is 0 Å². The molecule has 1 aromatic rings. The van der Waals surface area contributed by atoms with Crippen LogP contribution in [0.3, 0.4) is 0 Å². The molecule has 0 bridgehead atoms. The summed E-state index contributed by atoms with van der Waals surface area (Å²) in [4.78, 5) is 23.1. The van der Waals surface area contributed by atoms with Crippen molar-refractivity contribution in [2.75, 3.05) is 29.1 Å². The van der Waals surface area contributed by atoms with E-state index < -0.39 is 5.97 Å². The van der Waals surface area contributed by atoms with Crippen molar-refractivity contribution in [1.29, 1.82) is 0 Å². The number of carboxylic acid groups (broad SMARTS) is 1. The van der Waals surface area contributed by atoms with E-state index in [4.69, 9.17) is 5.11 Å². The summed E-state index contributed by atoms with van der Waals surface area (Å²) >= 11 is 3.76. The summed E-state index contributed by atoms with van der Waals surface area (Å²) in [6, 6.07) is 4.56. The van der Waals surface area contributed by atoms with Crippen molar-refractivity contribution in [2.45, 2.75) is 12.2 Å². The van der Waals surface area contributed by atoms with Crippen LogP contribution in [0.4, 0.5) is 10.5 Å². The number of nitrogens with one attached hydrogen (secondary N) is 2. The Labute approximate surface area is 132 Å². The maximum absolute atomic E-state index is 12.0. The topological polar surface area (TPSA) is 78.4 Å². The lowest BCUT2D eigenvalue weighted by Gasteiger charge is -2.21. The fourth-order valence-corrected chi connectivity index (χ4v) is 4.64. The molecule has 1 unspecified atom stereocenters. The highest BCUT2D eigenvalue weighted by molar-refractivity contribution is 8.06. The van der Waals surface area contributed by atoms with Crippen molar-refractivity contribution in [1.82, 2.24) is 5.32 Å². The molecule has 0 saturated carbocycles. The third-order valence-electron chi connectivity index (χ3n) is 3.12. The molecule has 1 aromatic carbocycles. The largest absolute Gasteiger partial charge is 0.478 e. The zero-order valence-corrected chi connectivity index (χ0v) is 13.4. The molecule has 1 fully saturated rings. The van der Waals surface area contributed by atoms with E-state index >= 15 is 0 Å². The number of thioether (sulfide) groups is 2. The number of carbonyl (C=O) groups excluding carboxylic acids is 1. The third kappa shape index (κ3) is 4.57. The van der Waals surface area contributed by atoms with E-state index in [1.807, 2.05) is 23.5 Å². The molecule has 3 N–H and O–H groups in total. The van der Waals surface area contributed by atoms with Gasteiger partial charge < -0.3 is 15.7 Å². The lowest BCUT2D eigenvalue weighted by Crippen LogP contribution is -2.36. The second kappa shape index (κ2) is 7.61. The fourth-order valence-electron chi connectivity index (χ4n) is 2.03. The maximum atomic E-state index is 12.0. The molecule has 7 heteroatoms. The molecule has 114 valence electrons. The Morgan fingerprint density at radius 1 is 1.38 bits per heavy atom. The van der Waals surface area contributed by atoms with Gasteiger partial charge in [-0.05, 0) is 18.6 Å². The number of hydrogen-bond donors (Lipinski definition) is 3. The van der Waals surface area contributed by atoms with Gasteiger partial charge in [-0.2, -0.15) is 23.5 Å². The van der Waals surface area contributed by atoms with Gasteiger partial charge in [0.05, 0.1) is 11.3 Å². The minimum absolute atomic E-state index is 0.104. The van der Waals surface area contributed by atoms with Crippen molar-refractivity contribution in [3.05, 3.63) is 29.3 Å². The molecule has 1 heterocycles. The van der Waals surface area contributed by atoms with Crippen LogP contribution in [0, 0.1) is 6.92 Å². The number of hydrogen-bond acceptors (Lipinski definition) is 4. The van der Waals surface area contributed by atoms with Gasteiger partial charge in [-0.25, -0.2) is 9.59 Å². The Hall–Kier alpha value is -1.34. The highest BCUT2D eigenvalue weighted by Crippen LogP contribution is 2.23. The second-order valence-electron chi connectivity index (χ2n) is 4.71. The van der Waals surface area contributed by atoms with E-state index in [-0.39, 0.29) is 11.6 Å². The van der Waals surface area contributed by atoms with Crippen LogP contribution in [0.25, 0.3) is 0 Å². The number of rotatable bonds is 4. The Morgan fingerprint density at radius 2 is 2.19 bits per heavy atom. The van der Waals surface area contributed by atoms with Gasteiger partial charge in [0.1, 0.15) is 0 Å². The van der Waals surface area contributed by atoms with Crippen molar-refractivity contribution in [2.24, 2.45) is 0 Å². The number of benzene rings is 1. The molecule has 2 rings (SSSR count). The molecule has 1 saturated heterocycles. The second-order valence-corrected chi connectivity index (χ2v) is 7.26. The highest BCUT2D eigenvalue weighted by Gasteiger charge is 2.17. The number of aryl methyl sites for hydroxylation is 1. The van der Waals surface area contributed by atoms with Crippen molar-refractivity contribution >= 4 is 41.2 Å². The van der Waals surface area contributed by atoms with Crippen LogP contribution in [-0.4, -0.2) is 46.2 Å². The number of amides is 2. The first-order valence-corrected chi connectivity index (χ1v) is 8.85. The van der Waals surface area contributed by atoms with Crippen LogP contribution in [-0.2, 0) is 0 Å². The molecule has 5 nitrogen and oxygen atoms in total. The monoisotopic (exact) mass is 326 g/mol. The van der Waals surface area contributed by atoms with Gasteiger partial charge in [-0.3, -0.25) is 0 Å². The first-order chi connectivity index (χ1) is 10.1. The molecule has 21 heavy (non-hydrogen) atoms. The van der Waals surface area contributed by atoms with Crippen LogP contribution >= 0.6 is 23.5 Å². The number of urea groups is 1. The van der Waals surface area contributed by atoms with E-state index in [0.717, 1.165) is 17.1 Å². The molecule has 2 amide bonds. The number of carbonyl (C=O) groups is 2. The Morgan fingerprint density at radius 3 is 2.86 bits per heavy atom. The van der Waals surface area contributed by atoms with Crippen LogP contribution in [0.1, 0.15) is 15.9 Å². The van der Waals surface area contributed by atoms with Gasteiger partial charge in [0.2, 0.25) is 0 Å². The zero-order valence-electron chi connectivity index (χ0n) is 11.7. The lowest BCUT2D eigenvalue weighted by molar-refractivity contribution is 0.0698. The Balaban J connectivity index is 1.94. The zero-order chi connectivity index (χ0) is 15.2. The quantitative estimate of drug-likeness (QED) is 0.793. The maximum Gasteiger partial charge on any atom is 0.337 e. The van der Waals surface area contributed by atoms with E-state index in [2.05, 4.69) is 10.6 Å². The smallest absolute Gasteiger partial charge is 0.337 e. The van der Waals surface area contributed by atoms with E-state index in [9.17, 15) is 9.59 Å². The molecule has 0 radical (unpaired) electrons. The Kier molecular flexibility index (Phi) is 5.81. The van der Waals surface area contributed by atoms with Crippen LogP contribution in [0.2, 0.25) is 0 Å². The summed E-state index contributed by atoms with van der Waals surface area (Å²) in [5.74, 6) is 2.27. The fraction of sp³-hybridized carbons (Fsp3) is 0.429. The lowest BCUT2D eigenvalue weighted by atomic mass is 10.1. The van der Waals surface area contributed by atoms with Crippen LogP contribution in [0.15, 0.2) is 18.2 Å². The van der Waals surface area contributed by atoms with Gasteiger partial charge in [0.25, 0.3) is 0 Å². The minimum atomic E-state index is -1.05. The molecule has 1 aliphatic rings. The SMILES string of the molecule is Cc1cccc(C(=O)O)c1NC(=O)NCC1CSCCS1. The third-order valence-corrected chi connectivity index (χ3v) is 5.96. The molecule has 1 aliphatic heterocycles. The number of aromatic carboxylic acids is 1. The van der Waals surface area contributed by atoms with Crippen LogP contribution in [0.5, 0.6) is 0 Å². The van der Waals surface area contributed by atoms with E-state index in [0.29, 0.717) is 17.5 Å². The van der Waals surface area contributed by atoms with Crippen molar-refractivity contribution < 1.29 is 14.7 Å². The van der Waals surface area contributed by atoms with Gasteiger partial charge in [-0.1, -0.05) is 12.1 Å². The Bertz CT molecular complexity index is 531. The molecular weight excluding hydrogens is 308 g/mol.